The first-order chi connectivity index (χ1) is 5.77. The predicted molar refractivity (Wildman–Crippen MR) is 46.1 cm³/mol. The molecule has 0 saturated carbocycles. The number of nitrogen functional groups attached to an aromatic ring is 1. The second-order valence-corrected chi connectivity index (χ2v) is 2.60. The summed E-state index contributed by atoms with van der Waals surface area (Å²) in [6.07, 6.45) is 2.79. The van der Waals surface area contributed by atoms with Crippen LogP contribution in [0.15, 0.2) is 30.6 Å². The Hall–Kier alpha value is -1.64. The molecule has 0 amide bonds. The van der Waals surface area contributed by atoms with Crippen molar-refractivity contribution in [1.82, 2.24) is 4.98 Å². The highest BCUT2D eigenvalue weighted by molar-refractivity contribution is 5.84. The molecule has 0 bridgehead atoms. The van der Waals surface area contributed by atoms with Crippen LogP contribution in [-0.2, 0) is 0 Å². The molecule has 0 spiro atoms. The quantitative estimate of drug-likeness (QED) is 0.601. The maximum absolute atomic E-state index is 13.0. The van der Waals surface area contributed by atoms with E-state index in [1.165, 1.54) is 6.20 Å². The van der Waals surface area contributed by atoms with E-state index >= 15 is 0 Å². The molecule has 2 rings (SSSR count). The van der Waals surface area contributed by atoms with E-state index < -0.39 is 0 Å². The lowest BCUT2D eigenvalue weighted by Gasteiger charge is -1.98. The first-order valence-electron chi connectivity index (χ1n) is 3.56. The van der Waals surface area contributed by atoms with Crippen molar-refractivity contribution in [3.63, 3.8) is 0 Å². The minimum atomic E-state index is -0.334. The third-order valence-electron chi connectivity index (χ3n) is 1.74. The highest BCUT2D eigenvalue weighted by atomic mass is 19.1. The average Bonchev–Trinajstić information content (AvgIpc) is 2.07. The first kappa shape index (κ1) is 7.03. The van der Waals surface area contributed by atoms with Crippen LogP contribution < -0.4 is 5.73 Å². The van der Waals surface area contributed by atoms with E-state index in [-0.39, 0.29) is 5.82 Å². The zero-order chi connectivity index (χ0) is 8.55. The number of hydrogen-bond donors (Lipinski definition) is 1. The third-order valence-corrected chi connectivity index (χ3v) is 1.74. The standard InChI is InChI=1S/C9H7FN2/c10-9-5-12-4-6-1-2-7(11)3-8(6)9/h1-5H,11H2. The number of rotatable bonds is 0. The van der Waals surface area contributed by atoms with Gasteiger partial charge in [0.15, 0.2) is 0 Å². The van der Waals surface area contributed by atoms with Crippen LogP contribution in [0.3, 0.4) is 0 Å². The van der Waals surface area contributed by atoms with Gasteiger partial charge in [0.25, 0.3) is 0 Å². The van der Waals surface area contributed by atoms with E-state index in [9.17, 15) is 4.39 Å². The maximum atomic E-state index is 13.0. The summed E-state index contributed by atoms with van der Waals surface area (Å²) in [7, 11) is 0. The van der Waals surface area contributed by atoms with Crippen molar-refractivity contribution in [2.45, 2.75) is 0 Å². The molecule has 1 heterocycles. The van der Waals surface area contributed by atoms with E-state index in [0.717, 1.165) is 5.39 Å². The summed E-state index contributed by atoms with van der Waals surface area (Å²) in [5, 5.41) is 1.29. The normalized spacial score (nSPS) is 10.4. The molecule has 1 aromatic carbocycles. The number of hydrogen-bond acceptors (Lipinski definition) is 2. The minimum absolute atomic E-state index is 0.334. The van der Waals surface area contributed by atoms with Gasteiger partial charge in [0, 0.05) is 22.7 Å². The lowest BCUT2D eigenvalue weighted by molar-refractivity contribution is 0.634. The lowest BCUT2D eigenvalue weighted by Crippen LogP contribution is -1.86. The molecule has 0 aliphatic rings. The van der Waals surface area contributed by atoms with Crippen LogP contribution in [0.25, 0.3) is 10.8 Å². The zero-order valence-electron chi connectivity index (χ0n) is 6.29. The number of nitrogens with two attached hydrogens (primary N) is 1. The van der Waals surface area contributed by atoms with Crippen LogP contribution in [0.1, 0.15) is 0 Å². The van der Waals surface area contributed by atoms with Crippen molar-refractivity contribution >= 4 is 16.5 Å². The van der Waals surface area contributed by atoms with Gasteiger partial charge in [-0.25, -0.2) is 4.39 Å². The molecule has 2 nitrogen and oxygen atoms in total. The number of nitrogens with zero attached hydrogens (tertiary/aromatic N) is 1. The van der Waals surface area contributed by atoms with Crippen LogP contribution in [0.5, 0.6) is 0 Å². The molecule has 0 aliphatic carbocycles. The number of benzene rings is 1. The Labute approximate surface area is 68.8 Å². The van der Waals surface area contributed by atoms with Crippen LogP contribution >= 0.6 is 0 Å². The minimum Gasteiger partial charge on any atom is -0.399 e. The van der Waals surface area contributed by atoms with Gasteiger partial charge in [-0.1, -0.05) is 6.07 Å². The summed E-state index contributed by atoms with van der Waals surface area (Å²) in [6, 6.07) is 5.08. The van der Waals surface area contributed by atoms with Gasteiger partial charge in [0.1, 0.15) is 5.82 Å². The molecule has 3 heteroatoms. The van der Waals surface area contributed by atoms with Crippen molar-refractivity contribution in [3.05, 3.63) is 36.4 Å². The van der Waals surface area contributed by atoms with Gasteiger partial charge in [-0.2, -0.15) is 0 Å². The molecule has 60 valence electrons. The van der Waals surface area contributed by atoms with Crippen LogP contribution in [0.4, 0.5) is 10.1 Å². The van der Waals surface area contributed by atoms with Crippen LogP contribution in [-0.4, -0.2) is 4.98 Å². The SMILES string of the molecule is Nc1ccc2cncc(F)c2c1. The van der Waals surface area contributed by atoms with Gasteiger partial charge in [-0.05, 0) is 12.1 Å². The zero-order valence-corrected chi connectivity index (χ0v) is 6.29. The molecule has 0 aliphatic heterocycles. The van der Waals surface area contributed by atoms with Gasteiger partial charge in [-0.3, -0.25) is 4.98 Å². The van der Waals surface area contributed by atoms with Crippen molar-refractivity contribution in [2.24, 2.45) is 0 Å². The van der Waals surface area contributed by atoms with Crippen LogP contribution in [0, 0.1) is 5.82 Å². The van der Waals surface area contributed by atoms with Crippen molar-refractivity contribution in [3.8, 4) is 0 Å². The van der Waals surface area contributed by atoms with Crippen LogP contribution in [0.2, 0.25) is 0 Å². The Kier molecular flexibility index (Phi) is 1.43. The van der Waals surface area contributed by atoms with Crippen molar-refractivity contribution < 1.29 is 4.39 Å². The lowest BCUT2D eigenvalue weighted by atomic mass is 10.1. The van der Waals surface area contributed by atoms with Gasteiger partial charge >= 0.3 is 0 Å². The number of pyridine rings is 1. The van der Waals surface area contributed by atoms with E-state index in [0.29, 0.717) is 11.1 Å². The molecule has 2 aromatic rings. The third kappa shape index (κ3) is 0.993. The first-order valence-corrected chi connectivity index (χ1v) is 3.56. The fourth-order valence-corrected chi connectivity index (χ4v) is 1.15. The topological polar surface area (TPSA) is 38.9 Å². The monoisotopic (exact) mass is 162 g/mol. The second kappa shape index (κ2) is 2.44. The van der Waals surface area contributed by atoms with E-state index in [1.807, 2.05) is 0 Å². The Balaban J connectivity index is 2.88. The van der Waals surface area contributed by atoms with E-state index in [4.69, 9.17) is 5.73 Å². The van der Waals surface area contributed by atoms with E-state index in [2.05, 4.69) is 4.98 Å². The summed E-state index contributed by atoms with van der Waals surface area (Å²) in [4.78, 5) is 3.73. The average molecular weight is 162 g/mol. The summed E-state index contributed by atoms with van der Waals surface area (Å²) in [6.45, 7) is 0. The summed E-state index contributed by atoms with van der Waals surface area (Å²) < 4.78 is 13.0. The highest BCUT2D eigenvalue weighted by Crippen LogP contribution is 2.18. The fourth-order valence-electron chi connectivity index (χ4n) is 1.15. The van der Waals surface area contributed by atoms with Gasteiger partial charge < -0.3 is 5.73 Å². The van der Waals surface area contributed by atoms with Gasteiger partial charge in [0.2, 0.25) is 0 Å². The number of halogens is 1. The number of aromatic nitrogens is 1. The molecule has 0 fully saturated rings. The molecule has 0 radical (unpaired) electrons. The van der Waals surface area contributed by atoms with Gasteiger partial charge in [-0.15, -0.1) is 0 Å². The molecule has 0 unspecified atom stereocenters. The fraction of sp³-hybridized carbons (Fsp3) is 0. The largest absolute Gasteiger partial charge is 0.399 e. The maximum Gasteiger partial charge on any atom is 0.149 e. The summed E-state index contributed by atoms with van der Waals surface area (Å²) in [5.41, 5.74) is 6.07. The predicted octanol–water partition coefficient (Wildman–Crippen LogP) is 1.96. The Bertz CT molecular complexity index is 426. The second-order valence-electron chi connectivity index (χ2n) is 2.60. The molecular formula is C9H7FN2. The summed E-state index contributed by atoms with van der Waals surface area (Å²) >= 11 is 0. The molecule has 0 saturated heterocycles. The number of anilines is 1. The van der Waals surface area contributed by atoms with Crippen molar-refractivity contribution in [1.29, 1.82) is 0 Å². The summed E-state index contributed by atoms with van der Waals surface area (Å²) in [5.74, 6) is -0.334. The molecule has 1 aromatic heterocycles. The Morgan fingerprint density at radius 2 is 2.08 bits per heavy atom. The highest BCUT2D eigenvalue weighted by Gasteiger charge is 1.99. The Morgan fingerprint density at radius 1 is 1.25 bits per heavy atom. The molecule has 12 heavy (non-hydrogen) atoms. The van der Waals surface area contributed by atoms with Crippen molar-refractivity contribution in [2.75, 3.05) is 5.73 Å². The molecule has 2 N–H and O–H groups in total. The van der Waals surface area contributed by atoms with Gasteiger partial charge in [0.05, 0.1) is 6.20 Å². The molecular weight excluding hydrogens is 155 g/mol. The van der Waals surface area contributed by atoms with E-state index in [1.54, 1.807) is 24.4 Å². The number of fused-ring (bicyclic) bond motifs is 1. The molecule has 0 atom stereocenters. The Morgan fingerprint density at radius 3 is 2.92 bits per heavy atom. The smallest absolute Gasteiger partial charge is 0.149 e.